The van der Waals surface area contributed by atoms with Crippen LogP contribution in [-0.2, 0) is 25.6 Å². The minimum absolute atomic E-state index is 0.111. The van der Waals surface area contributed by atoms with Gasteiger partial charge in [-0.15, -0.1) is 0 Å². The number of anilines is 2. The van der Waals surface area contributed by atoms with Crippen molar-refractivity contribution >= 4 is 35.0 Å². The second-order valence-electron chi connectivity index (χ2n) is 9.88. The van der Waals surface area contributed by atoms with Crippen LogP contribution in [0.25, 0.3) is 0 Å². The molecule has 6 heteroatoms. The van der Waals surface area contributed by atoms with Gasteiger partial charge in [0, 0.05) is 24.3 Å². The van der Waals surface area contributed by atoms with E-state index in [2.05, 4.69) is 39.8 Å². The Kier molecular flexibility index (Phi) is 6.32. The van der Waals surface area contributed by atoms with E-state index >= 15 is 0 Å². The van der Waals surface area contributed by atoms with Crippen LogP contribution in [0.3, 0.4) is 0 Å². The Labute approximate surface area is 205 Å². The summed E-state index contributed by atoms with van der Waals surface area (Å²) in [7, 11) is 0. The van der Waals surface area contributed by atoms with Crippen LogP contribution in [0.4, 0.5) is 11.4 Å². The van der Waals surface area contributed by atoms with E-state index < -0.39 is 0 Å². The molecule has 4 rings (SSSR count). The smallest absolute Gasteiger partial charge is 0.258 e. The standard InChI is InChI=1S/C29H30N2O4/c1-16(2)22-14-20(11-18(5)28(22)30-24(32)7-8-25(30)33)13-21-12-19(6)29(23(15-21)17(3)4)31-26(34)9-10-27(31)35/h7-12,14-17H,13H2,1-6H3. The molecule has 0 radical (unpaired) electrons. The van der Waals surface area contributed by atoms with Gasteiger partial charge in [-0.3, -0.25) is 19.2 Å². The SMILES string of the molecule is Cc1cc(Cc2cc(C)c(N3C(=O)C=CC3=O)c(C(C)C)c2)cc(C(C)C)c1N1C(=O)C=CC1=O. The van der Waals surface area contributed by atoms with Crippen molar-refractivity contribution < 1.29 is 19.2 Å². The molecule has 0 aliphatic carbocycles. The Bertz CT molecular complexity index is 1190. The van der Waals surface area contributed by atoms with Gasteiger partial charge in [0.05, 0.1) is 11.4 Å². The van der Waals surface area contributed by atoms with Crippen molar-refractivity contribution in [3.8, 4) is 0 Å². The van der Waals surface area contributed by atoms with Crippen LogP contribution < -0.4 is 9.80 Å². The minimum atomic E-state index is -0.318. The highest BCUT2D eigenvalue weighted by Gasteiger charge is 2.31. The number of hydrogen-bond acceptors (Lipinski definition) is 4. The lowest BCUT2D eigenvalue weighted by molar-refractivity contribution is -0.121. The van der Waals surface area contributed by atoms with Crippen molar-refractivity contribution in [2.75, 3.05) is 9.80 Å². The van der Waals surface area contributed by atoms with Gasteiger partial charge >= 0.3 is 0 Å². The van der Waals surface area contributed by atoms with E-state index in [1.54, 1.807) is 0 Å². The second kappa shape index (κ2) is 9.10. The van der Waals surface area contributed by atoms with Gasteiger partial charge in [-0.05, 0) is 65.5 Å². The number of hydrogen-bond donors (Lipinski definition) is 0. The monoisotopic (exact) mass is 470 g/mol. The van der Waals surface area contributed by atoms with Crippen LogP contribution in [0.15, 0.2) is 48.6 Å². The number of carbonyl (C=O) groups excluding carboxylic acids is 4. The van der Waals surface area contributed by atoms with Crippen LogP contribution in [-0.4, -0.2) is 23.6 Å². The number of imide groups is 2. The highest BCUT2D eigenvalue weighted by atomic mass is 16.2. The molecule has 0 spiro atoms. The van der Waals surface area contributed by atoms with Crippen LogP contribution in [0.2, 0.25) is 0 Å². The van der Waals surface area contributed by atoms with Gasteiger partial charge in [-0.25, -0.2) is 9.80 Å². The number of rotatable bonds is 6. The highest BCUT2D eigenvalue weighted by molar-refractivity contribution is 6.29. The molecule has 2 aromatic rings. The number of amides is 4. The van der Waals surface area contributed by atoms with Gasteiger partial charge in [0.2, 0.25) is 0 Å². The van der Waals surface area contributed by atoms with E-state index in [-0.39, 0.29) is 35.5 Å². The molecule has 180 valence electrons. The average Bonchev–Trinajstić information content (AvgIpc) is 3.28. The van der Waals surface area contributed by atoms with Crippen molar-refractivity contribution in [1.82, 2.24) is 0 Å². The zero-order valence-corrected chi connectivity index (χ0v) is 21.0. The first kappa shape index (κ1) is 24.3. The lowest BCUT2D eigenvalue weighted by atomic mass is 9.89. The molecule has 2 aliphatic heterocycles. The number of aryl methyl sites for hydroxylation is 2. The maximum absolute atomic E-state index is 12.4. The lowest BCUT2D eigenvalue weighted by Gasteiger charge is -2.25. The average molecular weight is 471 g/mol. The van der Waals surface area contributed by atoms with E-state index in [9.17, 15) is 19.2 Å². The summed E-state index contributed by atoms with van der Waals surface area (Å²) >= 11 is 0. The number of nitrogens with zero attached hydrogens (tertiary/aromatic N) is 2. The van der Waals surface area contributed by atoms with Crippen molar-refractivity contribution in [2.45, 2.75) is 59.8 Å². The largest absolute Gasteiger partial charge is 0.269 e. The van der Waals surface area contributed by atoms with Crippen molar-refractivity contribution in [3.63, 3.8) is 0 Å². The molecule has 6 nitrogen and oxygen atoms in total. The third-order valence-corrected chi connectivity index (χ3v) is 6.50. The lowest BCUT2D eigenvalue weighted by Crippen LogP contribution is -2.31. The van der Waals surface area contributed by atoms with Gasteiger partial charge in [-0.2, -0.15) is 0 Å². The van der Waals surface area contributed by atoms with Gasteiger partial charge in [-0.1, -0.05) is 52.0 Å². The van der Waals surface area contributed by atoms with Gasteiger partial charge in [0.1, 0.15) is 0 Å². The Morgan fingerprint density at radius 1 is 0.571 bits per heavy atom. The highest BCUT2D eigenvalue weighted by Crippen LogP contribution is 2.37. The summed E-state index contributed by atoms with van der Waals surface area (Å²) in [5.41, 5.74) is 7.09. The fraction of sp³-hybridized carbons (Fsp3) is 0.310. The van der Waals surface area contributed by atoms with E-state index in [1.807, 2.05) is 26.0 Å². The molecule has 0 N–H and O–H groups in total. The molecule has 0 atom stereocenters. The molecule has 2 aliphatic rings. The molecule has 0 unspecified atom stereocenters. The summed E-state index contributed by atoms with van der Waals surface area (Å²) in [6.45, 7) is 12.1. The van der Waals surface area contributed by atoms with E-state index in [1.165, 1.54) is 34.1 Å². The van der Waals surface area contributed by atoms with E-state index in [4.69, 9.17) is 0 Å². The molecular weight excluding hydrogens is 440 g/mol. The molecular formula is C29H30N2O4. The fourth-order valence-electron chi connectivity index (χ4n) is 4.94. The molecule has 0 fully saturated rings. The maximum Gasteiger partial charge on any atom is 0.258 e. The van der Waals surface area contributed by atoms with Crippen molar-refractivity contribution in [2.24, 2.45) is 0 Å². The van der Waals surface area contributed by atoms with Gasteiger partial charge in [0.25, 0.3) is 23.6 Å². The summed E-state index contributed by atoms with van der Waals surface area (Å²) in [4.78, 5) is 52.0. The summed E-state index contributed by atoms with van der Waals surface area (Å²) in [5, 5.41) is 0. The maximum atomic E-state index is 12.4. The first-order chi connectivity index (χ1) is 16.5. The quantitative estimate of drug-likeness (QED) is 0.557. The molecule has 2 heterocycles. The van der Waals surface area contributed by atoms with Crippen molar-refractivity contribution in [3.05, 3.63) is 82.0 Å². The summed E-state index contributed by atoms with van der Waals surface area (Å²) < 4.78 is 0. The van der Waals surface area contributed by atoms with Crippen LogP contribution in [0, 0.1) is 13.8 Å². The van der Waals surface area contributed by atoms with Crippen LogP contribution in [0.1, 0.15) is 72.9 Å². The van der Waals surface area contributed by atoms with Gasteiger partial charge < -0.3 is 0 Å². The minimum Gasteiger partial charge on any atom is -0.269 e. The topological polar surface area (TPSA) is 74.8 Å². The zero-order valence-electron chi connectivity index (χ0n) is 21.0. The Morgan fingerprint density at radius 3 is 1.17 bits per heavy atom. The third-order valence-electron chi connectivity index (χ3n) is 6.50. The third kappa shape index (κ3) is 4.36. The molecule has 4 amide bonds. The van der Waals surface area contributed by atoms with Gasteiger partial charge in [0.15, 0.2) is 0 Å². The molecule has 0 saturated carbocycles. The predicted molar refractivity (Wildman–Crippen MR) is 137 cm³/mol. The number of carbonyl (C=O) groups is 4. The Balaban J connectivity index is 1.75. The molecule has 0 saturated heterocycles. The first-order valence-electron chi connectivity index (χ1n) is 11.9. The Hall–Kier alpha value is -3.80. The summed E-state index contributed by atoms with van der Waals surface area (Å²) in [6.07, 6.45) is 5.87. The Morgan fingerprint density at radius 2 is 0.886 bits per heavy atom. The fourth-order valence-corrected chi connectivity index (χ4v) is 4.94. The normalized spacial score (nSPS) is 15.7. The first-order valence-corrected chi connectivity index (χ1v) is 11.9. The zero-order chi connectivity index (χ0) is 25.6. The molecule has 0 aromatic heterocycles. The molecule has 0 bridgehead atoms. The van der Waals surface area contributed by atoms with E-state index in [0.717, 1.165) is 33.4 Å². The van der Waals surface area contributed by atoms with Crippen LogP contribution in [0.5, 0.6) is 0 Å². The second-order valence-corrected chi connectivity index (χ2v) is 9.88. The van der Waals surface area contributed by atoms with Crippen LogP contribution >= 0.6 is 0 Å². The molecule has 2 aromatic carbocycles. The van der Waals surface area contributed by atoms with E-state index in [0.29, 0.717) is 17.8 Å². The van der Waals surface area contributed by atoms with Crippen molar-refractivity contribution in [1.29, 1.82) is 0 Å². The summed E-state index contributed by atoms with van der Waals surface area (Å²) in [5.74, 6) is -1.05. The number of benzene rings is 2. The summed E-state index contributed by atoms with van der Waals surface area (Å²) in [6, 6.07) is 8.19. The molecule has 35 heavy (non-hydrogen) atoms. The predicted octanol–water partition coefficient (Wildman–Crippen LogP) is 5.00.